The number of anilines is 1. The second-order valence-corrected chi connectivity index (χ2v) is 5.09. The van der Waals surface area contributed by atoms with Crippen LogP contribution >= 0.6 is 11.6 Å². The van der Waals surface area contributed by atoms with Gasteiger partial charge in [-0.2, -0.15) is 0 Å². The van der Waals surface area contributed by atoms with Gasteiger partial charge in [-0.1, -0.05) is 17.7 Å². The number of halogens is 1. The van der Waals surface area contributed by atoms with Gasteiger partial charge in [0, 0.05) is 12.1 Å². The predicted octanol–water partition coefficient (Wildman–Crippen LogP) is 2.12. The van der Waals surface area contributed by atoms with Crippen LogP contribution in [-0.4, -0.2) is 29.2 Å². The summed E-state index contributed by atoms with van der Waals surface area (Å²) in [6, 6.07) is 5.61. The number of nitrogens with zero attached hydrogens (tertiary/aromatic N) is 1. The number of aliphatic hydroxyl groups excluding tert-OH is 1. The van der Waals surface area contributed by atoms with Gasteiger partial charge in [0.2, 0.25) is 0 Å². The Bertz CT molecular complexity index is 366. The summed E-state index contributed by atoms with van der Waals surface area (Å²) in [6.45, 7) is 4.83. The van der Waals surface area contributed by atoms with Crippen molar-refractivity contribution in [1.29, 1.82) is 0 Å². The average molecular weight is 243 g/mol. The molecule has 0 bridgehead atoms. The zero-order valence-electron chi connectivity index (χ0n) is 10.00. The Morgan fingerprint density at radius 1 is 1.44 bits per heavy atom. The van der Waals surface area contributed by atoms with Gasteiger partial charge >= 0.3 is 0 Å². The summed E-state index contributed by atoms with van der Waals surface area (Å²) in [7, 11) is 1.97. The van der Waals surface area contributed by atoms with Crippen molar-refractivity contribution in [1.82, 2.24) is 4.90 Å². The van der Waals surface area contributed by atoms with Gasteiger partial charge in [-0.05, 0) is 38.6 Å². The normalized spacial score (nSPS) is 12.1. The van der Waals surface area contributed by atoms with E-state index in [1.807, 2.05) is 33.0 Å². The summed E-state index contributed by atoms with van der Waals surface area (Å²) >= 11 is 5.86. The van der Waals surface area contributed by atoms with E-state index in [1.54, 1.807) is 6.07 Å². The molecule has 0 atom stereocenters. The number of rotatable bonds is 4. The lowest BCUT2D eigenvalue weighted by Gasteiger charge is -2.33. The highest BCUT2D eigenvalue weighted by atomic mass is 35.5. The van der Waals surface area contributed by atoms with Crippen LogP contribution in [0.4, 0.5) is 5.69 Å². The van der Waals surface area contributed by atoms with Crippen LogP contribution < -0.4 is 5.73 Å². The highest BCUT2D eigenvalue weighted by Gasteiger charge is 2.22. The van der Waals surface area contributed by atoms with Crippen molar-refractivity contribution in [2.45, 2.75) is 25.9 Å². The minimum Gasteiger partial charge on any atom is -0.398 e. The van der Waals surface area contributed by atoms with Gasteiger partial charge in [-0.25, -0.2) is 0 Å². The van der Waals surface area contributed by atoms with Gasteiger partial charge in [0.15, 0.2) is 0 Å². The molecule has 1 aromatic carbocycles. The van der Waals surface area contributed by atoms with Crippen molar-refractivity contribution < 1.29 is 5.11 Å². The zero-order valence-corrected chi connectivity index (χ0v) is 10.8. The van der Waals surface area contributed by atoms with Gasteiger partial charge in [0.1, 0.15) is 0 Å². The van der Waals surface area contributed by atoms with Crippen LogP contribution in [0.15, 0.2) is 18.2 Å². The SMILES string of the molecule is CN(Cc1ccc(Cl)c(N)c1)C(C)(C)CO. The summed E-state index contributed by atoms with van der Waals surface area (Å²) in [5, 5.41) is 9.83. The molecule has 3 nitrogen and oxygen atoms in total. The zero-order chi connectivity index (χ0) is 12.3. The molecule has 0 aromatic heterocycles. The van der Waals surface area contributed by atoms with Crippen LogP contribution in [0.5, 0.6) is 0 Å². The first-order valence-electron chi connectivity index (χ1n) is 5.23. The Morgan fingerprint density at radius 3 is 2.56 bits per heavy atom. The molecule has 0 spiro atoms. The Morgan fingerprint density at radius 2 is 2.06 bits per heavy atom. The third kappa shape index (κ3) is 3.11. The molecule has 0 fully saturated rings. The summed E-state index contributed by atoms with van der Waals surface area (Å²) in [5.41, 5.74) is 7.18. The van der Waals surface area contributed by atoms with E-state index in [2.05, 4.69) is 4.90 Å². The fourth-order valence-electron chi connectivity index (χ4n) is 1.30. The summed E-state index contributed by atoms with van der Waals surface area (Å²) < 4.78 is 0. The minimum atomic E-state index is -0.242. The van der Waals surface area contributed by atoms with Crippen LogP contribution in [-0.2, 0) is 6.54 Å². The first-order valence-corrected chi connectivity index (χ1v) is 5.60. The number of hydrogen-bond acceptors (Lipinski definition) is 3. The van der Waals surface area contributed by atoms with Gasteiger partial charge in [0.05, 0.1) is 17.3 Å². The lowest BCUT2D eigenvalue weighted by molar-refractivity contribution is 0.0734. The van der Waals surface area contributed by atoms with E-state index in [4.69, 9.17) is 17.3 Å². The number of nitrogens with two attached hydrogens (primary N) is 1. The van der Waals surface area contributed by atoms with E-state index in [0.717, 1.165) is 12.1 Å². The van der Waals surface area contributed by atoms with E-state index in [0.29, 0.717) is 10.7 Å². The molecule has 0 amide bonds. The van der Waals surface area contributed by atoms with Gasteiger partial charge < -0.3 is 10.8 Å². The number of benzene rings is 1. The quantitative estimate of drug-likeness (QED) is 0.796. The number of nitrogen functional groups attached to an aromatic ring is 1. The van der Waals surface area contributed by atoms with Gasteiger partial charge in [-0.15, -0.1) is 0 Å². The lowest BCUT2D eigenvalue weighted by Crippen LogP contribution is -2.43. The molecule has 0 aliphatic heterocycles. The van der Waals surface area contributed by atoms with Gasteiger partial charge in [0.25, 0.3) is 0 Å². The Balaban J connectivity index is 2.77. The molecule has 4 heteroatoms. The van der Waals surface area contributed by atoms with Crippen molar-refractivity contribution in [3.8, 4) is 0 Å². The number of hydrogen-bond donors (Lipinski definition) is 2. The monoisotopic (exact) mass is 242 g/mol. The average Bonchev–Trinajstić information content (AvgIpc) is 2.23. The maximum atomic E-state index is 9.25. The fourth-order valence-corrected chi connectivity index (χ4v) is 1.42. The molecule has 3 N–H and O–H groups in total. The van der Waals surface area contributed by atoms with E-state index in [-0.39, 0.29) is 12.1 Å². The van der Waals surface area contributed by atoms with E-state index in [1.165, 1.54) is 0 Å². The van der Waals surface area contributed by atoms with Crippen LogP contribution in [0.3, 0.4) is 0 Å². The first-order chi connectivity index (χ1) is 7.36. The summed E-state index contributed by atoms with van der Waals surface area (Å²) in [6.07, 6.45) is 0. The van der Waals surface area contributed by atoms with E-state index < -0.39 is 0 Å². The molecule has 0 saturated carbocycles. The highest BCUT2D eigenvalue weighted by molar-refractivity contribution is 6.33. The van der Waals surface area contributed by atoms with Crippen molar-refractivity contribution in [3.63, 3.8) is 0 Å². The number of likely N-dealkylation sites (N-methyl/N-ethyl adjacent to an activating group) is 1. The molecule has 16 heavy (non-hydrogen) atoms. The topological polar surface area (TPSA) is 49.5 Å². The van der Waals surface area contributed by atoms with Crippen molar-refractivity contribution in [2.24, 2.45) is 0 Å². The molecule has 0 saturated heterocycles. The molecule has 0 aliphatic carbocycles. The molecule has 0 unspecified atom stereocenters. The minimum absolute atomic E-state index is 0.118. The van der Waals surface area contributed by atoms with E-state index in [9.17, 15) is 5.11 Å². The maximum absolute atomic E-state index is 9.25. The summed E-state index contributed by atoms with van der Waals surface area (Å²) in [4.78, 5) is 2.08. The largest absolute Gasteiger partial charge is 0.398 e. The Hall–Kier alpha value is -0.770. The standard InChI is InChI=1S/C12H19ClN2O/c1-12(2,8-16)15(3)7-9-4-5-10(13)11(14)6-9/h4-6,16H,7-8,14H2,1-3H3. The van der Waals surface area contributed by atoms with Crippen LogP contribution in [0.2, 0.25) is 5.02 Å². The third-order valence-electron chi connectivity index (χ3n) is 2.90. The lowest BCUT2D eigenvalue weighted by atomic mass is 10.0. The molecule has 1 rings (SSSR count). The first kappa shape index (κ1) is 13.3. The van der Waals surface area contributed by atoms with Crippen LogP contribution in [0.25, 0.3) is 0 Å². The third-order valence-corrected chi connectivity index (χ3v) is 3.24. The molecular formula is C12H19ClN2O. The second-order valence-electron chi connectivity index (χ2n) is 4.68. The molecule has 0 heterocycles. The Labute approximate surface area is 102 Å². The van der Waals surface area contributed by atoms with Crippen molar-refractivity contribution >= 4 is 17.3 Å². The summed E-state index contributed by atoms with van der Waals surface area (Å²) in [5.74, 6) is 0. The Kier molecular flexibility index (Phi) is 4.19. The van der Waals surface area contributed by atoms with Crippen LogP contribution in [0.1, 0.15) is 19.4 Å². The van der Waals surface area contributed by atoms with Gasteiger partial charge in [-0.3, -0.25) is 4.90 Å². The number of aliphatic hydroxyl groups is 1. The molecule has 0 radical (unpaired) electrons. The molecule has 1 aromatic rings. The predicted molar refractivity (Wildman–Crippen MR) is 68.5 cm³/mol. The molecule has 90 valence electrons. The van der Waals surface area contributed by atoms with Crippen molar-refractivity contribution in [2.75, 3.05) is 19.4 Å². The molecular weight excluding hydrogens is 224 g/mol. The maximum Gasteiger partial charge on any atom is 0.0635 e. The van der Waals surface area contributed by atoms with Crippen molar-refractivity contribution in [3.05, 3.63) is 28.8 Å². The second kappa shape index (κ2) is 5.04. The molecule has 0 aliphatic rings. The smallest absolute Gasteiger partial charge is 0.0635 e. The van der Waals surface area contributed by atoms with Crippen LogP contribution in [0, 0.1) is 0 Å². The fraction of sp³-hybridized carbons (Fsp3) is 0.500. The highest BCUT2D eigenvalue weighted by Crippen LogP contribution is 2.22. The van der Waals surface area contributed by atoms with E-state index >= 15 is 0 Å².